The van der Waals surface area contributed by atoms with Gasteiger partial charge in [-0.15, -0.1) is 0 Å². The molecule has 1 heterocycles. The molecule has 1 aliphatic rings. The van der Waals surface area contributed by atoms with E-state index >= 15 is 0 Å². The molecule has 9 heavy (non-hydrogen) atoms. The second kappa shape index (κ2) is 2.18. The lowest BCUT2D eigenvalue weighted by molar-refractivity contribution is -0.628. The van der Waals surface area contributed by atoms with Crippen molar-refractivity contribution in [2.24, 2.45) is 5.10 Å². The van der Waals surface area contributed by atoms with Gasteiger partial charge in [0.1, 0.15) is 0 Å². The monoisotopic (exact) mass is 194 g/mol. The van der Waals surface area contributed by atoms with Crippen molar-refractivity contribution in [1.29, 1.82) is 0 Å². The molecule has 6 nitrogen and oxygen atoms in total. The Balaban J connectivity index is 2.59. The molecule has 0 aromatic carbocycles. The van der Waals surface area contributed by atoms with Crippen molar-refractivity contribution in [2.75, 3.05) is 0 Å². The molecule has 0 fully saturated rings. The molecule has 0 radical (unpaired) electrons. The molecule has 0 bridgehead atoms. The molecule has 1 atom stereocenters. The number of alkyl halides is 1. The van der Waals surface area contributed by atoms with Gasteiger partial charge in [-0.25, -0.2) is 10.1 Å². The first kappa shape index (κ1) is 6.27. The van der Waals surface area contributed by atoms with E-state index in [2.05, 4.69) is 26.5 Å². The van der Waals surface area contributed by atoms with Crippen LogP contribution in [-0.4, -0.2) is 21.5 Å². The van der Waals surface area contributed by atoms with Crippen LogP contribution in [0.4, 0.5) is 0 Å². The summed E-state index contributed by atoms with van der Waals surface area (Å²) in [6.45, 7) is 0. The fraction of sp³-hybridized carbons (Fsp3) is 0.500. The van der Waals surface area contributed by atoms with E-state index in [0.29, 0.717) is 0 Å². The van der Waals surface area contributed by atoms with Crippen LogP contribution in [0.15, 0.2) is 5.10 Å². The van der Waals surface area contributed by atoms with Gasteiger partial charge in [0.2, 0.25) is 5.08 Å². The van der Waals surface area contributed by atoms with Gasteiger partial charge in [0, 0.05) is 0 Å². The first-order valence-electron chi connectivity index (χ1n) is 2.07. The number of nitrogens with zero attached hydrogens (tertiary/aromatic N) is 3. The zero-order valence-electron chi connectivity index (χ0n) is 4.19. The molecule has 7 heteroatoms. The second-order valence-corrected chi connectivity index (χ2v) is 2.19. The third kappa shape index (κ3) is 1.10. The topological polar surface area (TPSA) is 70.8 Å². The van der Waals surface area contributed by atoms with E-state index in [0.717, 1.165) is 11.3 Å². The van der Waals surface area contributed by atoms with Crippen molar-refractivity contribution in [2.45, 2.75) is 5.08 Å². The van der Waals surface area contributed by atoms with Crippen molar-refractivity contribution in [3.05, 3.63) is 10.1 Å². The fourth-order valence-electron chi connectivity index (χ4n) is 0.397. The normalized spacial score (nSPS) is 24.1. The number of hydrazone groups is 1. The Morgan fingerprint density at radius 2 is 2.67 bits per heavy atom. The van der Waals surface area contributed by atoms with Gasteiger partial charge in [-0.05, 0) is 20.9 Å². The van der Waals surface area contributed by atoms with Gasteiger partial charge in [0.15, 0.2) is 11.4 Å². The lowest BCUT2D eigenvalue weighted by Crippen LogP contribution is -2.35. The van der Waals surface area contributed by atoms with Crippen LogP contribution in [0.2, 0.25) is 0 Å². The quantitative estimate of drug-likeness (QED) is 0.270. The highest BCUT2D eigenvalue weighted by molar-refractivity contribution is 9.09. The van der Waals surface area contributed by atoms with Crippen molar-refractivity contribution >= 4 is 22.3 Å². The van der Waals surface area contributed by atoms with E-state index < -0.39 is 10.1 Å². The average Bonchev–Trinajstić information content (AvgIpc) is 2.13. The molecule has 0 aliphatic carbocycles. The number of nitro groups is 1. The molecule has 0 saturated carbocycles. The zero-order valence-corrected chi connectivity index (χ0v) is 5.78. The summed E-state index contributed by atoms with van der Waals surface area (Å²) >= 11 is 2.95. The van der Waals surface area contributed by atoms with Gasteiger partial charge in [-0.1, -0.05) is 0 Å². The lowest BCUT2D eigenvalue weighted by Gasteiger charge is -2.05. The molecule has 0 aromatic heterocycles. The third-order valence-electron chi connectivity index (χ3n) is 0.778. The predicted molar refractivity (Wildman–Crippen MR) is 33.2 cm³/mol. The minimum absolute atomic E-state index is 0.521. The van der Waals surface area contributed by atoms with Crippen LogP contribution in [0.5, 0.6) is 0 Å². The lowest BCUT2D eigenvalue weighted by atomic mass is 11.0. The summed E-state index contributed by atoms with van der Waals surface area (Å²) in [7, 11) is 0. The third-order valence-corrected chi connectivity index (χ3v) is 1.40. The number of hydrogen-bond acceptors (Lipinski definition) is 4. The van der Waals surface area contributed by atoms with Crippen LogP contribution < -0.4 is 5.43 Å². The Hall–Kier alpha value is -0.850. The summed E-state index contributed by atoms with van der Waals surface area (Å²) in [6, 6.07) is 0. The van der Waals surface area contributed by atoms with Crippen molar-refractivity contribution in [3.63, 3.8) is 0 Å². The molecule has 50 valence electrons. The maximum atomic E-state index is 9.98. The van der Waals surface area contributed by atoms with Crippen LogP contribution in [-0.2, 0) is 0 Å². The maximum absolute atomic E-state index is 9.98. The SMILES string of the molecule is O=[N+]([O-])N1C=NNC1Br. The predicted octanol–water partition coefficient (Wildman–Crippen LogP) is -0.295. The van der Waals surface area contributed by atoms with Crippen molar-refractivity contribution < 1.29 is 5.03 Å². The highest BCUT2D eigenvalue weighted by Gasteiger charge is 2.25. The maximum Gasteiger partial charge on any atom is 0.235 e. The van der Waals surface area contributed by atoms with Gasteiger partial charge >= 0.3 is 0 Å². The zero-order chi connectivity index (χ0) is 6.85. The summed E-state index contributed by atoms with van der Waals surface area (Å²) in [4.78, 5) is 9.98. The smallest absolute Gasteiger partial charge is 0.235 e. The van der Waals surface area contributed by atoms with E-state index in [1.54, 1.807) is 0 Å². The van der Waals surface area contributed by atoms with E-state index in [4.69, 9.17) is 0 Å². The van der Waals surface area contributed by atoms with Crippen LogP contribution in [0.1, 0.15) is 0 Å². The van der Waals surface area contributed by atoms with Gasteiger partial charge in [-0.2, -0.15) is 5.10 Å². The molecule has 1 N–H and O–H groups in total. The largest absolute Gasteiger partial charge is 0.271 e. The second-order valence-electron chi connectivity index (χ2n) is 1.33. The number of hydrogen-bond donors (Lipinski definition) is 1. The molecule has 1 aliphatic heterocycles. The Morgan fingerprint density at radius 1 is 2.00 bits per heavy atom. The van der Waals surface area contributed by atoms with Gasteiger partial charge in [0.25, 0.3) is 0 Å². The molecule has 0 aromatic rings. The van der Waals surface area contributed by atoms with E-state index in [9.17, 15) is 10.1 Å². The molecule has 1 unspecified atom stereocenters. The van der Waals surface area contributed by atoms with Crippen molar-refractivity contribution in [1.82, 2.24) is 10.4 Å². The van der Waals surface area contributed by atoms with Crippen molar-refractivity contribution in [3.8, 4) is 0 Å². The van der Waals surface area contributed by atoms with Crippen LogP contribution >= 0.6 is 15.9 Å². The molecule has 0 saturated heterocycles. The molecular weight excluding hydrogens is 192 g/mol. The Morgan fingerprint density at radius 3 is 2.89 bits per heavy atom. The van der Waals surface area contributed by atoms with Crippen LogP contribution in [0, 0.1) is 10.1 Å². The minimum atomic E-state index is -0.567. The molecule has 0 amide bonds. The fourth-order valence-corrected chi connectivity index (χ4v) is 0.770. The average molecular weight is 195 g/mol. The Bertz CT molecular complexity index is 159. The summed E-state index contributed by atoms with van der Waals surface area (Å²) in [5, 5.41) is 13.1. The molecule has 0 spiro atoms. The minimum Gasteiger partial charge on any atom is -0.271 e. The number of nitrogens with one attached hydrogen (secondary N) is 1. The Labute approximate surface area is 58.8 Å². The van der Waals surface area contributed by atoms with Gasteiger partial charge in [-0.3, -0.25) is 5.43 Å². The highest BCUT2D eigenvalue weighted by Crippen LogP contribution is 2.05. The standard InChI is InChI=1S/C2H3BrN4O2/c3-2-5-4-1-6(2)7(8)9/h1-2,5H. The van der Waals surface area contributed by atoms with Crippen LogP contribution in [0.3, 0.4) is 0 Å². The summed E-state index contributed by atoms with van der Waals surface area (Å²) < 4.78 is 0. The van der Waals surface area contributed by atoms with Gasteiger partial charge in [0.05, 0.1) is 0 Å². The number of halogens is 1. The summed E-state index contributed by atoms with van der Waals surface area (Å²) in [5.74, 6) is 0. The number of rotatable bonds is 1. The first-order valence-corrected chi connectivity index (χ1v) is 2.99. The molecular formula is C2H3BrN4O2. The Kier molecular flexibility index (Phi) is 1.52. The van der Waals surface area contributed by atoms with E-state index in [1.165, 1.54) is 0 Å². The van der Waals surface area contributed by atoms with E-state index in [1.807, 2.05) is 0 Å². The first-order chi connectivity index (χ1) is 4.22. The van der Waals surface area contributed by atoms with E-state index in [-0.39, 0.29) is 0 Å². The molecule has 1 rings (SSSR count). The van der Waals surface area contributed by atoms with Gasteiger partial charge < -0.3 is 0 Å². The summed E-state index contributed by atoms with van der Waals surface area (Å²) in [6.07, 6.45) is 1.10. The van der Waals surface area contributed by atoms with Crippen LogP contribution in [0.25, 0.3) is 0 Å². The number of hydrazine groups is 1. The summed E-state index contributed by atoms with van der Waals surface area (Å²) in [5.41, 5.74) is 2.42. The highest BCUT2D eigenvalue weighted by atomic mass is 79.9.